The number of fused-ring (bicyclic) bond motifs is 1. The molecule has 0 saturated heterocycles. The third-order valence-corrected chi connectivity index (χ3v) is 2.64. The number of benzene rings is 1. The Bertz CT molecular complexity index is 365. The van der Waals surface area contributed by atoms with Gasteiger partial charge in [-0.3, -0.25) is 0 Å². The van der Waals surface area contributed by atoms with Crippen LogP contribution in [-0.2, 0) is 16.6 Å². The Hall–Kier alpha value is -1.37. The Kier molecular flexibility index (Phi) is 1.80. The zero-order valence-electron chi connectivity index (χ0n) is 7.66. The number of allylic oxidation sites excluding steroid dienone is 2. The average molecular weight is 172 g/mol. The monoisotopic (exact) mass is 172 g/mol. The van der Waals surface area contributed by atoms with Gasteiger partial charge in [0.05, 0.1) is 5.41 Å². The molecule has 0 radical (unpaired) electrons. The lowest BCUT2D eigenvalue weighted by molar-refractivity contribution is -0.110. The summed E-state index contributed by atoms with van der Waals surface area (Å²) in [7, 11) is 0. The minimum atomic E-state index is -0.408. The molecule has 1 nitrogen and oxygen atoms in total. The van der Waals surface area contributed by atoms with Gasteiger partial charge in [0.1, 0.15) is 6.29 Å². The van der Waals surface area contributed by atoms with Crippen molar-refractivity contribution >= 4 is 6.29 Å². The van der Waals surface area contributed by atoms with Crippen LogP contribution in [0, 0.1) is 0 Å². The molecule has 0 bridgehead atoms. The second-order valence-electron chi connectivity index (χ2n) is 3.66. The first-order valence-electron chi connectivity index (χ1n) is 4.49. The lowest BCUT2D eigenvalue weighted by atomic mass is 9.77. The number of carbonyl (C=O) groups is 1. The van der Waals surface area contributed by atoms with Crippen LogP contribution in [-0.4, -0.2) is 6.29 Å². The first-order valence-corrected chi connectivity index (χ1v) is 4.49. The summed E-state index contributed by atoms with van der Waals surface area (Å²) < 4.78 is 0. The van der Waals surface area contributed by atoms with Crippen LogP contribution >= 0.6 is 0 Å². The van der Waals surface area contributed by atoms with Crippen LogP contribution in [0.1, 0.15) is 18.1 Å². The SMILES string of the molecule is C[C@]1(C=O)C=CCc2ccccc21. The van der Waals surface area contributed by atoms with Crippen molar-refractivity contribution in [2.75, 3.05) is 0 Å². The number of aldehydes is 1. The summed E-state index contributed by atoms with van der Waals surface area (Å²) >= 11 is 0. The lowest BCUT2D eigenvalue weighted by Crippen LogP contribution is -2.24. The highest BCUT2D eigenvalue weighted by Crippen LogP contribution is 2.30. The van der Waals surface area contributed by atoms with Gasteiger partial charge < -0.3 is 4.79 Å². The molecule has 0 saturated carbocycles. The molecule has 66 valence electrons. The molecule has 0 spiro atoms. The number of rotatable bonds is 1. The van der Waals surface area contributed by atoms with Gasteiger partial charge in [-0.25, -0.2) is 0 Å². The van der Waals surface area contributed by atoms with E-state index in [9.17, 15) is 4.79 Å². The van der Waals surface area contributed by atoms with Gasteiger partial charge in [0.2, 0.25) is 0 Å². The van der Waals surface area contributed by atoms with E-state index >= 15 is 0 Å². The summed E-state index contributed by atoms with van der Waals surface area (Å²) in [5, 5.41) is 0. The summed E-state index contributed by atoms with van der Waals surface area (Å²) in [5.74, 6) is 0. The Morgan fingerprint density at radius 1 is 1.38 bits per heavy atom. The van der Waals surface area contributed by atoms with E-state index in [0.717, 1.165) is 18.3 Å². The Morgan fingerprint density at radius 2 is 2.15 bits per heavy atom. The van der Waals surface area contributed by atoms with Gasteiger partial charge in [0, 0.05) is 0 Å². The zero-order chi connectivity index (χ0) is 9.31. The molecular formula is C12H12O. The predicted octanol–water partition coefficient (Wildman–Crippen LogP) is 2.26. The first-order chi connectivity index (χ1) is 6.26. The fourth-order valence-corrected chi connectivity index (χ4v) is 1.85. The van der Waals surface area contributed by atoms with E-state index < -0.39 is 5.41 Å². The van der Waals surface area contributed by atoms with Crippen LogP contribution in [0.3, 0.4) is 0 Å². The van der Waals surface area contributed by atoms with E-state index in [1.54, 1.807) is 0 Å². The molecule has 13 heavy (non-hydrogen) atoms. The average Bonchev–Trinajstić information content (AvgIpc) is 2.19. The maximum absolute atomic E-state index is 11.0. The van der Waals surface area contributed by atoms with E-state index in [0.29, 0.717) is 0 Å². The second kappa shape index (κ2) is 2.84. The molecule has 0 amide bonds. The van der Waals surface area contributed by atoms with Gasteiger partial charge in [-0.15, -0.1) is 0 Å². The van der Waals surface area contributed by atoms with Crippen LogP contribution in [0.4, 0.5) is 0 Å². The maximum atomic E-state index is 11.0. The van der Waals surface area contributed by atoms with E-state index in [1.165, 1.54) is 5.56 Å². The number of hydrogen-bond donors (Lipinski definition) is 0. The van der Waals surface area contributed by atoms with E-state index in [1.807, 2.05) is 31.2 Å². The molecule has 0 aliphatic heterocycles. The highest BCUT2D eigenvalue weighted by molar-refractivity contribution is 5.73. The van der Waals surface area contributed by atoms with Crippen LogP contribution in [0.15, 0.2) is 36.4 Å². The molecular weight excluding hydrogens is 160 g/mol. The standard InChI is InChI=1S/C12H12O/c1-12(9-13)8-4-6-10-5-2-3-7-11(10)12/h2-5,7-9H,6H2,1H3/t12-/m1/s1. The molecule has 0 unspecified atom stereocenters. The van der Waals surface area contributed by atoms with E-state index in [-0.39, 0.29) is 0 Å². The van der Waals surface area contributed by atoms with Crippen molar-refractivity contribution in [2.24, 2.45) is 0 Å². The molecule has 0 fully saturated rings. The molecule has 0 N–H and O–H groups in total. The van der Waals surface area contributed by atoms with Crippen LogP contribution in [0.5, 0.6) is 0 Å². The van der Waals surface area contributed by atoms with Crippen molar-refractivity contribution in [1.29, 1.82) is 0 Å². The van der Waals surface area contributed by atoms with Gasteiger partial charge in [0.15, 0.2) is 0 Å². The first kappa shape index (κ1) is 8.24. The maximum Gasteiger partial charge on any atom is 0.134 e. The van der Waals surface area contributed by atoms with E-state index in [4.69, 9.17) is 0 Å². The fraction of sp³-hybridized carbons (Fsp3) is 0.250. The van der Waals surface area contributed by atoms with Crippen LogP contribution < -0.4 is 0 Å². The zero-order valence-corrected chi connectivity index (χ0v) is 7.66. The molecule has 1 aromatic carbocycles. The Morgan fingerprint density at radius 3 is 2.92 bits per heavy atom. The largest absolute Gasteiger partial charge is 0.302 e. The summed E-state index contributed by atoms with van der Waals surface area (Å²) in [4.78, 5) is 11.0. The fourth-order valence-electron chi connectivity index (χ4n) is 1.85. The normalized spacial score (nSPS) is 25.3. The summed E-state index contributed by atoms with van der Waals surface area (Å²) in [6.07, 6.45) is 6.01. The number of carbonyl (C=O) groups excluding carboxylic acids is 1. The number of hydrogen-bond acceptors (Lipinski definition) is 1. The summed E-state index contributed by atoms with van der Waals surface area (Å²) in [6.45, 7) is 1.95. The highest BCUT2D eigenvalue weighted by atomic mass is 16.1. The van der Waals surface area contributed by atoms with Crippen LogP contribution in [0.25, 0.3) is 0 Å². The topological polar surface area (TPSA) is 17.1 Å². The van der Waals surface area contributed by atoms with Crippen molar-refractivity contribution < 1.29 is 4.79 Å². The minimum Gasteiger partial charge on any atom is -0.302 e. The van der Waals surface area contributed by atoms with Gasteiger partial charge in [-0.2, -0.15) is 0 Å². The molecule has 1 atom stereocenters. The second-order valence-corrected chi connectivity index (χ2v) is 3.66. The van der Waals surface area contributed by atoms with Gasteiger partial charge in [-0.1, -0.05) is 36.4 Å². The molecule has 2 rings (SSSR count). The molecule has 1 aliphatic carbocycles. The van der Waals surface area contributed by atoms with Crippen molar-refractivity contribution in [3.8, 4) is 0 Å². The molecule has 0 heterocycles. The molecule has 1 aromatic rings. The predicted molar refractivity (Wildman–Crippen MR) is 52.7 cm³/mol. The van der Waals surface area contributed by atoms with Crippen molar-refractivity contribution in [1.82, 2.24) is 0 Å². The Balaban J connectivity index is 2.60. The van der Waals surface area contributed by atoms with Gasteiger partial charge in [-0.05, 0) is 24.5 Å². The Labute approximate surface area is 78.1 Å². The van der Waals surface area contributed by atoms with Crippen LogP contribution in [0.2, 0.25) is 0 Å². The summed E-state index contributed by atoms with van der Waals surface area (Å²) in [6, 6.07) is 8.12. The van der Waals surface area contributed by atoms with Crippen molar-refractivity contribution in [3.05, 3.63) is 47.5 Å². The highest BCUT2D eigenvalue weighted by Gasteiger charge is 2.27. The third kappa shape index (κ3) is 1.21. The van der Waals surface area contributed by atoms with Gasteiger partial charge in [0.25, 0.3) is 0 Å². The third-order valence-electron chi connectivity index (χ3n) is 2.64. The molecule has 1 aliphatic rings. The smallest absolute Gasteiger partial charge is 0.134 e. The molecule has 0 aromatic heterocycles. The van der Waals surface area contributed by atoms with Crippen molar-refractivity contribution in [2.45, 2.75) is 18.8 Å². The van der Waals surface area contributed by atoms with Gasteiger partial charge >= 0.3 is 0 Å². The summed E-state index contributed by atoms with van der Waals surface area (Å²) in [5.41, 5.74) is 2.00. The minimum absolute atomic E-state index is 0.408. The van der Waals surface area contributed by atoms with Crippen molar-refractivity contribution in [3.63, 3.8) is 0 Å². The lowest BCUT2D eigenvalue weighted by Gasteiger charge is -2.25. The molecule has 1 heteroatoms. The van der Waals surface area contributed by atoms with E-state index in [2.05, 4.69) is 12.1 Å². The quantitative estimate of drug-likeness (QED) is 0.469.